The number of aryl methyl sites for hydroxylation is 1. The monoisotopic (exact) mass is 752 g/mol. The minimum absolute atomic E-state index is 0.00455. The van der Waals surface area contributed by atoms with Crippen LogP contribution in [-0.4, -0.2) is 67.8 Å². The molecule has 1 fully saturated rings. The summed E-state index contributed by atoms with van der Waals surface area (Å²) in [6.45, 7) is 5.97. The third kappa shape index (κ3) is 7.07. The van der Waals surface area contributed by atoms with Crippen LogP contribution >= 0.6 is 0 Å². The summed E-state index contributed by atoms with van der Waals surface area (Å²) in [5.41, 5.74) is 13.9. The number of esters is 1. The molecule has 14 nitrogen and oxygen atoms in total. The molecule has 0 bridgehead atoms. The lowest BCUT2D eigenvalue weighted by Gasteiger charge is -2.39. The first-order valence-corrected chi connectivity index (χ1v) is 18.8. The van der Waals surface area contributed by atoms with Gasteiger partial charge in [0.15, 0.2) is 11.0 Å². The van der Waals surface area contributed by atoms with E-state index in [1.807, 2.05) is 38.3 Å². The van der Waals surface area contributed by atoms with Crippen molar-refractivity contribution in [1.82, 2.24) is 20.2 Å². The van der Waals surface area contributed by atoms with Crippen molar-refractivity contribution in [3.63, 3.8) is 0 Å². The number of hydrogen-bond acceptors (Lipinski definition) is 12. The average molecular weight is 753 g/mol. The lowest BCUT2D eigenvalue weighted by Crippen LogP contribution is -2.50. The van der Waals surface area contributed by atoms with Gasteiger partial charge in [0.25, 0.3) is 0 Å². The average Bonchev–Trinajstić information content (AvgIpc) is 3.43. The number of dihydropyridines is 2. The molecule has 55 heavy (non-hydrogen) atoms. The highest BCUT2D eigenvalue weighted by atomic mass is 16.7. The second kappa shape index (κ2) is 13.9. The van der Waals surface area contributed by atoms with Crippen molar-refractivity contribution in [3.05, 3.63) is 105 Å². The number of carbonyl (C=O) groups is 1. The van der Waals surface area contributed by atoms with Gasteiger partial charge in [-0.1, -0.05) is 12.2 Å². The number of nitrogens with one attached hydrogen (secondary N) is 3. The number of benzene rings is 1. The number of epoxide rings is 1. The van der Waals surface area contributed by atoms with Crippen LogP contribution in [0.15, 0.2) is 93.1 Å². The molecule has 5 atom stereocenters. The fraction of sp³-hybridized carbons (Fsp3) is 0.415. The van der Waals surface area contributed by atoms with Crippen LogP contribution in [0, 0.1) is 6.92 Å². The van der Waals surface area contributed by atoms with Crippen LogP contribution in [0.1, 0.15) is 57.3 Å². The molecule has 14 heteroatoms. The molecule has 3 aromatic heterocycles. The number of nitrogens with zero attached hydrogens (tertiary/aromatic N) is 1. The molecule has 1 aromatic carbocycles. The Labute approximate surface area is 317 Å². The van der Waals surface area contributed by atoms with Gasteiger partial charge in [-0.05, 0) is 82.2 Å². The fourth-order valence-electron chi connectivity index (χ4n) is 8.17. The molecule has 8 rings (SSSR count). The van der Waals surface area contributed by atoms with E-state index in [1.54, 1.807) is 13.0 Å². The summed E-state index contributed by atoms with van der Waals surface area (Å²) < 4.78 is 26.5. The van der Waals surface area contributed by atoms with Gasteiger partial charge in [0.2, 0.25) is 0 Å². The van der Waals surface area contributed by atoms with Crippen molar-refractivity contribution in [2.24, 2.45) is 11.5 Å². The van der Waals surface area contributed by atoms with Crippen LogP contribution in [0.25, 0.3) is 21.9 Å². The van der Waals surface area contributed by atoms with Crippen LogP contribution in [-0.2, 0) is 27.2 Å². The lowest BCUT2D eigenvalue weighted by atomic mass is 9.88. The maximum atomic E-state index is 14.1. The maximum absolute atomic E-state index is 14.1. The molecule has 0 aliphatic carbocycles. The van der Waals surface area contributed by atoms with Gasteiger partial charge < -0.3 is 60.5 Å². The van der Waals surface area contributed by atoms with E-state index in [4.69, 9.17) is 30.1 Å². The summed E-state index contributed by atoms with van der Waals surface area (Å²) in [5.74, 6) is 1.11. The third-order valence-corrected chi connectivity index (χ3v) is 11.1. The number of allylic oxidation sites excluding steroid dienone is 2. The van der Waals surface area contributed by atoms with E-state index in [0.29, 0.717) is 67.4 Å². The van der Waals surface area contributed by atoms with Gasteiger partial charge in [-0.3, -0.25) is 4.79 Å². The predicted octanol–water partition coefficient (Wildman–Crippen LogP) is 3.89. The Morgan fingerprint density at radius 3 is 2.73 bits per heavy atom. The number of phenols is 1. The first kappa shape index (κ1) is 36.4. The Kier molecular flexibility index (Phi) is 9.20. The first-order chi connectivity index (χ1) is 26.3. The number of aromatic amines is 1. The third-order valence-electron chi connectivity index (χ3n) is 11.1. The number of aliphatic hydroxyl groups excluding tert-OH is 1. The highest BCUT2D eigenvalue weighted by Crippen LogP contribution is 2.48. The number of carbonyl (C=O) groups excluding carboxylic acids is 1. The number of unbranched alkanes of at least 4 members (excludes halogenated alkanes) is 1. The topological polar surface area (TPSA) is 216 Å². The molecule has 9 N–H and O–H groups in total. The van der Waals surface area contributed by atoms with Crippen molar-refractivity contribution >= 4 is 27.8 Å². The molecular weight excluding hydrogens is 704 g/mol. The van der Waals surface area contributed by atoms with Crippen molar-refractivity contribution < 1.29 is 33.6 Å². The Balaban J connectivity index is 0.962. The lowest BCUT2D eigenvalue weighted by molar-refractivity contribution is -0.168. The van der Waals surface area contributed by atoms with Crippen molar-refractivity contribution in [3.8, 4) is 11.5 Å². The van der Waals surface area contributed by atoms with Gasteiger partial charge in [0.05, 0.1) is 35.3 Å². The second-order valence-electron chi connectivity index (χ2n) is 15.6. The SMILES string of the molecule is Cc1cc(=O)c2c(O)c3c(cc2o1)OC(C)(C)C(OC(=O)C1(CCCCO)OC1CCC1=CC(C2=CC(Cn4cc5cc[nH]c5c4)NC(N)=C2)NC(N)=C1)C3. The number of aliphatic hydroxyl groups is 1. The fourth-order valence-corrected chi connectivity index (χ4v) is 8.17. The molecule has 7 heterocycles. The zero-order valence-electron chi connectivity index (χ0n) is 31.2. The van der Waals surface area contributed by atoms with E-state index in [2.05, 4.69) is 44.7 Å². The van der Waals surface area contributed by atoms with E-state index >= 15 is 0 Å². The van der Waals surface area contributed by atoms with E-state index in [9.17, 15) is 19.8 Å². The molecule has 5 unspecified atom stereocenters. The quantitative estimate of drug-likeness (QED) is 0.0624. The van der Waals surface area contributed by atoms with Crippen LogP contribution in [0.2, 0.25) is 0 Å². The zero-order chi connectivity index (χ0) is 38.6. The summed E-state index contributed by atoms with van der Waals surface area (Å²) in [6.07, 6.45) is 15.7. The molecule has 0 amide bonds. The maximum Gasteiger partial charge on any atom is 0.341 e. The largest absolute Gasteiger partial charge is 0.507 e. The van der Waals surface area contributed by atoms with E-state index in [0.717, 1.165) is 22.0 Å². The van der Waals surface area contributed by atoms with Gasteiger partial charge in [-0.15, -0.1) is 0 Å². The van der Waals surface area contributed by atoms with Crippen LogP contribution in [0.5, 0.6) is 11.5 Å². The molecule has 4 aliphatic rings. The van der Waals surface area contributed by atoms with E-state index in [1.165, 1.54) is 6.07 Å². The summed E-state index contributed by atoms with van der Waals surface area (Å²) in [6, 6.07) is 4.73. The normalized spacial score (nSPS) is 25.5. The van der Waals surface area contributed by atoms with Gasteiger partial charge >= 0.3 is 5.97 Å². The van der Waals surface area contributed by atoms with E-state index < -0.39 is 29.4 Å². The van der Waals surface area contributed by atoms with Gasteiger partial charge in [0.1, 0.15) is 39.9 Å². The van der Waals surface area contributed by atoms with Crippen LogP contribution < -0.4 is 32.3 Å². The zero-order valence-corrected chi connectivity index (χ0v) is 31.2. The van der Waals surface area contributed by atoms with Gasteiger partial charge in [-0.2, -0.15) is 0 Å². The highest BCUT2D eigenvalue weighted by Gasteiger charge is 2.63. The molecular formula is C41H48N6O8. The Bertz CT molecular complexity index is 2320. The minimum atomic E-state index is -1.19. The summed E-state index contributed by atoms with van der Waals surface area (Å²) >= 11 is 0. The molecule has 1 saturated heterocycles. The number of nitrogens with two attached hydrogens (primary N) is 2. The van der Waals surface area contributed by atoms with Crippen molar-refractivity contribution in [2.75, 3.05) is 6.61 Å². The molecule has 0 saturated carbocycles. The van der Waals surface area contributed by atoms with Crippen molar-refractivity contribution in [2.45, 2.75) is 101 Å². The Morgan fingerprint density at radius 2 is 1.93 bits per heavy atom. The standard InChI is InChI=1S/C41H48N6O8/c1-22-12-30(49)37-32(52-22)18-31-27(38(37)50)17-34(40(2,3)54-31)53-39(51)41(9-4-5-11-48)33(55-41)7-6-23-13-28(46-35(42)14-23)25-15-26(45-36(43)16-25)20-47-19-24-8-10-44-29(24)21-47/h8,10,12-16,18-19,21,26,28,33-34,44-46,48,50H,4-7,9,11,17,20,42-43H2,1-3H3. The van der Waals surface area contributed by atoms with Gasteiger partial charge in [-0.25, -0.2) is 4.79 Å². The minimum Gasteiger partial charge on any atom is -0.507 e. The number of rotatable bonds is 12. The Morgan fingerprint density at radius 1 is 1.11 bits per heavy atom. The summed E-state index contributed by atoms with van der Waals surface area (Å²) in [4.78, 5) is 30.1. The van der Waals surface area contributed by atoms with Gasteiger partial charge in [0, 0.05) is 61.2 Å². The summed E-state index contributed by atoms with van der Waals surface area (Å²) in [7, 11) is 0. The first-order valence-electron chi connectivity index (χ1n) is 18.8. The molecule has 0 spiro atoms. The summed E-state index contributed by atoms with van der Waals surface area (Å²) in [5, 5.41) is 28.6. The smallest absolute Gasteiger partial charge is 0.341 e. The number of aromatic nitrogens is 2. The number of hydrogen-bond donors (Lipinski definition) is 7. The number of aromatic hydroxyl groups is 1. The molecule has 4 aliphatic heterocycles. The molecule has 0 radical (unpaired) electrons. The number of ether oxygens (including phenoxy) is 3. The molecule has 4 aromatic rings. The molecule has 290 valence electrons. The number of phenolic OH excluding ortho intramolecular Hbond substituents is 1. The van der Waals surface area contributed by atoms with E-state index in [-0.39, 0.29) is 47.3 Å². The predicted molar refractivity (Wildman–Crippen MR) is 206 cm³/mol. The Hall–Kier alpha value is -5.60. The van der Waals surface area contributed by atoms with Crippen LogP contribution in [0.3, 0.4) is 0 Å². The number of H-pyrrole nitrogens is 1. The highest BCUT2D eigenvalue weighted by molar-refractivity contribution is 5.87. The number of fused-ring (bicyclic) bond motifs is 3. The van der Waals surface area contributed by atoms with Crippen molar-refractivity contribution in [1.29, 1.82) is 0 Å². The van der Waals surface area contributed by atoms with Crippen LogP contribution in [0.4, 0.5) is 0 Å². The second-order valence-corrected chi connectivity index (χ2v) is 15.6.